The summed E-state index contributed by atoms with van der Waals surface area (Å²) in [5.74, 6) is -2.38. The van der Waals surface area contributed by atoms with Crippen LogP contribution in [0.3, 0.4) is 0 Å². The van der Waals surface area contributed by atoms with Gasteiger partial charge in [-0.1, -0.05) is 19.9 Å². The minimum Gasteiger partial charge on any atom is -0.460 e. The molecule has 138 valence electrons. The van der Waals surface area contributed by atoms with E-state index in [4.69, 9.17) is 4.74 Å². The maximum Gasteiger partial charge on any atom is 0.313 e. The smallest absolute Gasteiger partial charge is 0.313 e. The molecule has 24 heavy (non-hydrogen) atoms. The summed E-state index contributed by atoms with van der Waals surface area (Å²) in [6.07, 6.45) is 0.930. The van der Waals surface area contributed by atoms with Crippen LogP contribution in [0.1, 0.15) is 61.3 Å². The summed E-state index contributed by atoms with van der Waals surface area (Å²) < 4.78 is 5.13. The number of hydrogen-bond donors (Lipinski definition) is 1. The number of carbonyl (C=O) groups is 3. The Bertz CT molecular complexity index is 484. The molecular weight excluding hydrogens is 308 g/mol. The molecule has 0 aromatic carbocycles. The lowest BCUT2D eigenvalue weighted by Gasteiger charge is -2.30. The fourth-order valence-electron chi connectivity index (χ4n) is 2.49. The molecule has 5 nitrogen and oxygen atoms in total. The normalized spacial score (nSPS) is 16.0. The Kier molecular flexibility index (Phi) is 8.03. The van der Waals surface area contributed by atoms with Crippen molar-refractivity contribution < 1.29 is 24.2 Å². The van der Waals surface area contributed by atoms with Gasteiger partial charge in [-0.15, -0.1) is 6.58 Å². The lowest BCUT2D eigenvalue weighted by molar-refractivity contribution is -0.158. The van der Waals surface area contributed by atoms with Gasteiger partial charge >= 0.3 is 5.97 Å². The minimum atomic E-state index is -1.36. The van der Waals surface area contributed by atoms with E-state index in [0.29, 0.717) is 6.42 Å². The van der Waals surface area contributed by atoms with Crippen LogP contribution in [0.25, 0.3) is 0 Å². The minimum absolute atomic E-state index is 0.141. The van der Waals surface area contributed by atoms with E-state index in [1.807, 2.05) is 6.92 Å². The first-order valence-electron chi connectivity index (χ1n) is 8.32. The van der Waals surface area contributed by atoms with Crippen molar-refractivity contribution in [3.63, 3.8) is 0 Å². The lowest BCUT2D eigenvalue weighted by atomic mass is 9.74. The second kappa shape index (κ2) is 8.56. The Morgan fingerprint density at radius 2 is 1.62 bits per heavy atom. The van der Waals surface area contributed by atoms with Gasteiger partial charge in [-0.2, -0.15) is 0 Å². The van der Waals surface area contributed by atoms with Gasteiger partial charge in [0.15, 0.2) is 11.6 Å². The Balaban J connectivity index is 5.01. The molecule has 0 aliphatic rings. The van der Waals surface area contributed by atoms with Crippen LogP contribution in [-0.2, 0) is 19.1 Å². The Morgan fingerprint density at radius 1 is 1.12 bits per heavy atom. The number of aliphatic hydroxyl groups is 1. The fraction of sp³-hybridized carbons (Fsp3) is 0.737. The van der Waals surface area contributed by atoms with Crippen molar-refractivity contribution in [3.05, 3.63) is 12.7 Å². The molecule has 0 unspecified atom stereocenters. The van der Waals surface area contributed by atoms with E-state index in [-0.39, 0.29) is 11.7 Å². The van der Waals surface area contributed by atoms with Crippen molar-refractivity contribution in [1.29, 1.82) is 0 Å². The Hall–Kier alpha value is -1.49. The molecule has 3 atom stereocenters. The predicted molar refractivity (Wildman–Crippen MR) is 93.4 cm³/mol. The van der Waals surface area contributed by atoms with E-state index in [2.05, 4.69) is 6.58 Å². The third-order valence-corrected chi connectivity index (χ3v) is 4.09. The molecule has 0 amide bonds. The SMILES string of the molecule is C=CC[C@H](C)[C@H](O)[C@@H](C)C(=O)C(C)(C)C(=O)CC(=O)OC(C)(C)C. The first-order valence-corrected chi connectivity index (χ1v) is 8.32. The monoisotopic (exact) mass is 340 g/mol. The number of esters is 1. The molecule has 0 aromatic heterocycles. The topological polar surface area (TPSA) is 80.7 Å². The summed E-state index contributed by atoms with van der Waals surface area (Å²) in [6.45, 7) is 15.2. The highest BCUT2D eigenvalue weighted by molar-refractivity contribution is 6.11. The molecule has 0 aromatic rings. The number of allylic oxidation sites excluding steroid dienone is 1. The number of Topliss-reactive ketones (excluding diaryl/α,β-unsaturated/α-hetero) is 2. The van der Waals surface area contributed by atoms with E-state index in [1.165, 1.54) is 13.8 Å². The van der Waals surface area contributed by atoms with E-state index < -0.39 is 41.2 Å². The quantitative estimate of drug-likeness (QED) is 0.396. The molecule has 0 rings (SSSR count). The van der Waals surface area contributed by atoms with Crippen LogP contribution in [0.2, 0.25) is 0 Å². The Morgan fingerprint density at radius 3 is 2.04 bits per heavy atom. The Labute approximate surface area is 145 Å². The van der Waals surface area contributed by atoms with Gasteiger partial charge in [0.25, 0.3) is 0 Å². The summed E-state index contributed by atoms with van der Waals surface area (Å²) in [5.41, 5.74) is -2.04. The molecule has 0 heterocycles. The number of carbonyl (C=O) groups excluding carboxylic acids is 3. The summed E-state index contributed by atoms with van der Waals surface area (Å²) >= 11 is 0. The molecular formula is C19H32O5. The number of rotatable bonds is 9. The highest BCUT2D eigenvalue weighted by Crippen LogP contribution is 2.29. The van der Waals surface area contributed by atoms with Gasteiger partial charge < -0.3 is 9.84 Å². The van der Waals surface area contributed by atoms with Crippen molar-refractivity contribution in [3.8, 4) is 0 Å². The second-order valence-electron chi connectivity index (χ2n) is 7.96. The van der Waals surface area contributed by atoms with Gasteiger partial charge in [0.2, 0.25) is 0 Å². The summed E-state index contributed by atoms with van der Waals surface area (Å²) in [5, 5.41) is 10.3. The average Bonchev–Trinajstić information content (AvgIpc) is 2.42. The first kappa shape index (κ1) is 22.5. The van der Waals surface area contributed by atoms with Crippen molar-refractivity contribution >= 4 is 17.5 Å². The third kappa shape index (κ3) is 6.56. The van der Waals surface area contributed by atoms with Crippen LogP contribution >= 0.6 is 0 Å². The van der Waals surface area contributed by atoms with Crippen LogP contribution < -0.4 is 0 Å². The standard InChI is InChI=1S/C19H32O5/c1-9-10-12(2)16(22)13(3)17(23)19(7,8)14(20)11-15(21)24-18(4,5)6/h9,12-13,16,22H,1,10-11H2,2-8H3/t12-,13+,16-/m0/s1. The molecule has 5 heteroatoms. The van der Waals surface area contributed by atoms with E-state index in [0.717, 1.165) is 0 Å². The maximum absolute atomic E-state index is 12.7. The van der Waals surface area contributed by atoms with Gasteiger partial charge in [-0.05, 0) is 47.0 Å². The molecule has 1 N–H and O–H groups in total. The van der Waals surface area contributed by atoms with Gasteiger partial charge in [0.1, 0.15) is 12.0 Å². The van der Waals surface area contributed by atoms with Crippen LogP contribution in [0.15, 0.2) is 12.7 Å². The highest BCUT2D eigenvalue weighted by Gasteiger charge is 2.42. The molecule has 0 saturated carbocycles. The van der Waals surface area contributed by atoms with Gasteiger partial charge in [-0.3, -0.25) is 14.4 Å². The van der Waals surface area contributed by atoms with Gasteiger partial charge in [-0.25, -0.2) is 0 Å². The summed E-state index contributed by atoms with van der Waals surface area (Å²) in [4.78, 5) is 36.9. The molecule has 0 aliphatic carbocycles. The van der Waals surface area contributed by atoms with E-state index in [9.17, 15) is 19.5 Å². The molecule has 0 spiro atoms. The second-order valence-corrected chi connectivity index (χ2v) is 7.96. The zero-order valence-corrected chi connectivity index (χ0v) is 16.0. The van der Waals surface area contributed by atoms with E-state index >= 15 is 0 Å². The number of hydrogen-bond acceptors (Lipinski definition) is 5. The highest BCUT2D eigenvalue weighted by atomic mass is 16.6. The van der Waals surface area contributed by atoms with Crippen LogP contribution in [0, 0.1) is 17.3 Å². The molecule has 0 aliphatic heterocycles. The maximum atomic E-state index is 12.7. The fourth-order valence-corrected chi connectivity index (χ4v) is 2.49. The zero-order valence-electron chi connectivity index (χ0n) is 16.0. The molecule has 0 radical (unpaired) electrons. The number of aliphatic hydroxyl groups excluding tert-OH is 1. The molecule has 0 bridgehead atoms. The third-order valence-electron chi connectivity index (χ3n) is 4.09. The van der Waals surface area contributed by atoms with Crippen LogP contribution in [0.5, 0.6) is 0 Å². The van der Waals surface area contributed by atoms with Crippen molar-refractivity contribution in [2.24, 2.45) is 17.3 Å². The van der Waals surface area contributed by atoms with Gasteiger partial charge in [0.05, 0.1) is 11.5 Å². The first-order chi connectivity index (χ1) is 10.7. The number of ether oxygens (including phenoxy) is 1. The van der Waals surface area contributed by atoms with Gasteiger partial charge in [0, 0.05) is 5.92 Å². The van der Waals surface area contributed by atoms with Crippen LogP contribution in [0.4, 0.5) is 0 Å². The largest absolute Gasteiger partial charge is 0.460 e. The van der Waals surface area contributed by atoms with Crippen molar-refractivity contribution in [1.82, 2.24) is 0 Å². The van der Waals surface area contributed by atoms with Crippen LogP contribution in [-0.4, -0.2) is 34.3 Å². The average molecular weight is 340 g/mol. The number of ketones is 2. The molecule has 0 saturated heterocycles. The van der Waals surface area contributed by atoms with Crippen molar-refractivity contribution in [2.75, 3.05) is 0 Å². The summed E-state index contributed by atoms with van der Waals surface area (Å²) in [7, 11) is 0. The van der Waals surface area contributed by atoms with Crippen molar-refractivity contribution in [2.45, 2.75) is 73.0 Å². The zero-order chi connectivity index (χ0) is 19.3. The van der Waals surface area contributed by atoms with E-state index in [1.54, 1.807) is 33.8 Å². The predicted octanol–water partition coefficient (Wildman–Crippen LogP) is 3.09. The lowest BCUT2D eigenvalue weighted by Crippen LogP contribution is -2.43. The molecule has 0 fully saturated rings. The summed E-state index contributed by atoms with van der Waals surface area (Å²) in [6, 6.07) is 0.